The quantitative estimate of drug-likeness (QED) is 0.558. The van der Waals surface area contributed by atoms with Crippen molar-refractivity contribution < 1.29 is 35.9 Å². The van der Waals surface area contributed by atoms with Crippen LogP contribution in [0.2, 0.25) is 0 Å². The van der Waals surface area contributed by atoms with Gasteiger partial charge in [-0.15, -0.1) is 0 Å². The van der Waals surface area contributed by atoms with E-state index in [2.05, 4.69) is 20.7 Å². The zero-order valence-corrected chi connectivity index (χ0v) is 10.7. The van der Waals surface area contributed by atoms with Gasteiger partial charge < -0.3 is 4.74 Å². The van der Waals surface area contributed by atoms with E-state index in [9.17, 15) is 31.1 Å². The lowest BCUT2D eigenvalue weighted by Crippen LogP contribution is -2.18. The molecule has 1 aromatic rings. The first-order valence-corrected chi connectivity index (χ1v) is 5.34. The number of carbonyl (C=O) groups excluding carboxylic acids is 1. The van der Waals surface area contributed by atoms with Gasteiger partial charge >= 0.3 is 18.3 Å². The first kappa shape index (κ1) is 15.8. The number of alkyl halides is 6. The van der Waals surface area contributed by atoms with Crippen LogP contribution < -0.4 is 0 Å². The highest BCUT2D eigenvalue weighted by atomic mass is 79.9. The van der Waals surface area contributed by atoms with Crippen molar-refractivity contribution in [1.29, 1.82) is 0 Å². The molecule has 19 heavy (non-hydrogen) atoms. The Morgan fingerprint density at radius 1 is 1.05 bits per heavy atom. The van der Waals surface area contributed by atoms with E-state index in [4.69, 9.17) is 0 Å². The molecular weight excluding hydrogens is 346 g/mol. The fourth-order valence-corrected chi connectivity index (χ4v) is 1.81. The molecule has 0 saturated carbocycles. The van der Waals surface area contributed by atoms with Gasteiger partial charge in [0, 0.05) is 4.47 Å². The highest BCUT2D eigenvalue weighted by Gasteiger charge is 2.44. The Kier molecular flexibility index (Phi) is 4.18. The summed E-state index contributed by atoms with van der Waals surface area (Å²) >= 11 is 2.61. The Labute approximate surface area is 111 Å². The molecule has 0 spiro atoms. The van der Waals surface area contributed by atoms with Gasteiger partial charge in [-0.05, 0) is 28.1 Å². The average Bonchev–Trinajstić information content (AvgIpc) is 2.24. The summed E-state index contributed by atoms with van der Waals surface area (Å²) in [6, 6.07) is 0.313. The number of carbonyl (C=O) groups is 1. The molecule has 0 aliphatic carbocycles. The molecule has 0 radical (unpaired) electrons. The molecule has 0 amide bonds. The molecule has 0 atom stereocenters. The molecule has 0 fully saturated rings. The van der Waals surface area contributed by atoms with Crippen molar-refractivity contribution in [1.82, 2.24) is 0 Å². The fraction of sp³-hybridized carbons (Fsp3) is 0.300. The van der Waals surface area contributed by atoms with Gasteiger partial charge in [0.1, 0.15) is 0 Å². The number of hydrogen-bond donors (Lipinski definition) is 0. The van der Waals surface area contributed by atoms with Crippen molar-refractivity contribution in [2.45, 2.75) is 12.4 Å². The van der Waals surface area contributed by atoms with Crippen LogP contribution in [0, 0.1) is 0 Å². The van der Waals surface area contributed by atoms with E-state index < -0.39 is 39.5 Å². The third-order valence-corrected chi connectivity index (χ3v) is 2.78. The summed E-state index contributed by atoms with van der Waals surface area (Å²) in [5.41, 5.74) is -4.45. The first-order chi connectivity index (χ1) is 8.48. The number of hydrogen-bond acceptors (Lipinski definition) is 2. The van der Waals surface area contributed by atoms with Gasteiger partial charge in [0.2, 0.25) is 0 Å². The van der Waals surface area contributed by atoms with Crippen molar-refractivity contribution in [2.75, 3.05) is 7.11 Å². The van der Waals surface area contributed by atoms with Crippen LogP contribution in [-0.4, -0.2) is 13.1 Å². The summed E-state index contributed by atoms with van der Waals surface area (Å²) in [5, 5.41) is 0. The SMILES string of the molecule is COC(=O)c1cc(C(F)(F)F)c(C(F)(F)F)cc1Br. The normalized spacial score (nSPS) is 12.4. The number of halogens is 7. The van der Waals surface area contributed by atoms with Gasteiger partial charge in [-0.25, -0.2) is 4.79 Å². The highest BCUT2D eigenvalue weighted by molar-refractivity contribution is 9.10. The maximum Gasteiger partial charge on any atom is 0.417 e. The van der Waals surface area contributed by atoms with Crippen molar-refractivity contribution in [3.8, 4) is 0 Å². The van der Waals surface area contributed by atoms with E-state index >= 15 is 0 Å². The summed E-state index contributed by atoms with van der Waals surface area (Å²) in [6.07, 6.45) is -10.4. The van der Waals surface area contributed by atoms with Crippen molar-refractivity contribution >= 4 is 21.9 Å². The van der Waals surface area contributed by atoms with E-state index in [1.54, 1.807) is 0 Å². The molecule has 0 N–H and O–H groups in total. The van der Waals surface area contributed by atoms with Crippen LogP contribution in [0.4, 0.5) is 26.3 Å². The average molecular weight is 351 g/mol. The summed E-state index contributed by atoms with van der Waals surface area (Å²) in [4.78, 5) is 11.2. The van der Waals surface area contributed by atoms with Gasteiger partial charge in [-0.3, -0.25) is 0 Å². The molecule has 0 unspecified atom stereocenters. The molecule has 0 aliphatic rings. The molecule has 0 saturated heterocycles. The van der Waals surface area contributed by atoms with Crippen LogP contribution in [0.15, 0.2) is 16.6 Å². The second-order valence-corrected chi connectivity index (χ2v) is 4.22. The molecule has 0 bridgehead atoms. The number of rotatable bonds is 1. The van der Waals surface area contributed by atoms with Crippen LogP contribution >= 0.6 is 15.9 Å². The molecule has 0 aromatic heterocycles. The van der Waals surface area contributed by atoms with Crippen LogP contribution in [0.3, 0.4) is 0 Å². The van der Waals surface area contributed by atoms with Gasteiger partial charge in [0.15, 0.2) is 0 Å². The lowest BCUT2D eigenvalue weighted by Gasteiger charge is -2.17. The summed E-state index contributed by atoms with van der Waals surface area (Å²) < 4.78 is 79.1. The molecule has 0 heterocycles. The minimum Gasteiger partial charge on any atom is -0.465 e. The van der Waals surface area contributed by atoms with E-state index in [0.29, 0.717) is 0 Å². The summed E-state index contributed by atoms with van der Waals surface area (Å²) in [7, 11) is 0.902. The maximum absolute atomic E-state index is 12.6. The maximum atomic E-state index is 12.6. The number of ether oxygens (including phenoxy) is 1. The Balaban J connectivity index is 3.61. The highest BCUT2D eigenvalue weighted by Crippen LogP contribution is 2.42. The smallest absolute Gasteiger partial charge is 0.417 e. The van der Waals surface area contributed by atoms with Crippen molar-refractivity contribution in [3.63, 3.8) is 0 Å². The van der Waals surface area contributed by atoms with E-state index in [0.717, 1.165) is 7.11 Å². The molecule has 9 heteroatoms. The zero-order valence-electron chi connectivity index (χ0n) is 9.12. The van der Waals surface area contributed by atoms with Gasteiger partial charge in [0.05, 0.1) is 23.8 Å². The molecule has 106 valence electrons. The minimum absolute atomic E-state index is 0.110. The molecule has 1 aromatic carbocycles. The topological polar surface area (TPSA) is 26.3 Å². The Hall–Kier alpha value is -1.25. The van der Waals surface area contributed by atoms with Crippen LogP contribution in [0.25, 0.3) is 0 Å². The minimum atomic E-state index is -5.24. The molecular formula is C10H5BrF6O2. The molecule has 0 aliphatic heterocycles. The van der Waals surface area contributed by atoms with Crippen molar-refractivity contribution in [3.05, 3.63) is 33.3 Å². The van der Waals surface area contributed by atoms with Gasteiger partial charge in [-0.2, -0.15) is 26.3 Å². The largest absolute Gasteiger partial charge is 0.465 e. The third kappa shape index (κ3) is 3.40. The summed E-state index contributed by atoms with van der Waals surface area (Å²) in [5.74, 6) is -1.17. The predicted octanol–water partition coefficient (Wildman–Crippen LogP) is 4.27. The Bertz CT molecular complexity index is 506. The summed E-state index contributed by atoms with van der Waals surface area (Å²) in [6.45, 7) is 0. The standard InChI is InChI=1S/C10H5BrF6O2/c1-19-8(18)4-2-5(9(12,13)14)6(3-7(4)11)10(15,16)17/h2-3H,1H3. The van der Waals surface area contributed by atoms with E-state index in [-0.39, 0.29) is 12.1 Å². The number of methoxy groups -OCH3 is 1. The van der Waals surface area contributed by atoms with Crippen molar-refractivity contribution in [2.24, 2.45) is 0 Å². The molecule has 2 nitrogen and oxygen atoms in total. The second kappa shape index (κ2) is 5.03. The second-order valence-electron chi connectivity index (χ2n) is 3.36. The predicted molar refractivity (Wildman–Crippen MR) is 55.5 cm³/mol. The lowest BCUT2D eigenvalue weighted by atomic mass is 10.0. The van der Waals surface area contributed by atoms with Crippen LogP contribution in [0.1, 0.15) is 21.5 Å². The fourth-order valence-electron chi connectivity index (χ4n) is 1.31. The number of esters is 1. The number of benzene rings is 1. The lowest BCUT2D eigenvalue weighted by molar-refractivity contribution is -0.162. The van der Waals surface area contributed by atoms with Gasteiger partial charge in [-0.1, -0.05) is 0 Å². The first-order valence-electron chi connectivity index (χ1n) is 4.54. The van der Waals surface area contributed by atoms with Gasteiger partial charge in [0.25, 0.3) is 0 Å². The Morgan fingerprint density at radius 2 is 1.47 bits per heavy atom. The van der Waals surface area contributed by atoms with Crippen LogP contribution in [0.5, 0.6) is 0 Å². The molecule has 1 rings (SSSR count). The van der Waals surface area contributed by atoms with E-state index in [1.165, 1.54) is 0 Å². The van der Waals surface area contributed by atoms with Crippen LogP contribution in [-0.2, 0) is 17.1 Å². The third-order valence-electron chi connectivity index (χ3n) is 2.12. The Morgan fingerprint density at radius 3 is 1.84 bits per heavy atom. The zero-order chi connectivity index (χ0) is 15.0. The van der Waals surface area contributed by atoms with E-state index in [1.807, 2.05) is 0 Å². The monoisotopic (exact) mass is 350 g/mol.